The Kier molecular flexibility index (Phi) is 5.94. The van der Waals surface area contributed by atoms with Gasteiger partial charge in [0.2, 0.25) is 0 Å². The van der Waals surface area contributed by atoms with E-state index >= 15 is 0 Å². The molecule has 2 N–H and O–H groups in total. The minimum atomic E-state index is 0.00771. The van der Waals surface area contributed by atoms with E-state index < -0.39 is 0 Å². The zero-order valence-electron chi connectivity index (χ0n) is 10.8. The topological polar surface area (TPSA) is 57.4 Å². The molecule has 17 heavy (non-hydrogen) atoms. The molecule has 0 unspecified atom stereocenters. The van der Waals surface area contributed by atoms with Crippen LogP contribution in [0.15, 0.2) is 18.3 Å². The van der Waals surface area contributed by atoms with Gasteiger partial charge in [0.15, 0.2) is 0 Å². The van der Waals surface area contributed by atoms with E-state index in [1.54, 1.807) is 6.20 Å². The second kappa shape index (κ2) is 7.25. The lowest BCUT2D eigenvalue weighted by Crippen LogP contribution is -2.12. The Morgan fingerprint density at radius 1 is 1.29 bits per heavy atom. The summed E-state index contributed by atoms with van der Waals surface area (Å²) in [5, 5.41) is 0. The first-order valence-corrected chi connectivity index (χ1v) is 6.09. The van der Waals surface area contributed by atoms with Gasteiger partial charge in [-0.05, 0) is 32.4 Å². The van der Waals surface area contributed by atoms with Gasteiger partial charge in [-0.1, -0.05) is 6.92 Å². The van der Waals surface area contributed by atoms with Gasteiger partial charge in [-0.15, -0.1) is 0 Å². The average molecular weight is 238 g/mol. The highest BCUT2D eigenvalue weighted by molar-refractivity contribution is 5.21. The van der Waals surface area contributed by atoms with Crippen LogP contribution < -0.4 is 10.5 Å². The van der Waals surface area contributed by atoms with Crippen molar-refractivity contribution >= 4 is 0 Å². The van der Waals surface area contributed by atoms with Crippen LogP contribution in [0.1, 0.15) is 38.9 Å². The first-order chi connectivity index (χ1) is 8.13. The summed E-state index contributed by atoms with van der Waals surface area (Å²) in [7, 11) is 0. The Bertz CT molecular complexity index is 312. The zero-order chi connectivity index (χ0) is 12.7. The molecule has 1 atom stereocenters. The van der Waals surface area contributed by atoms with Crippen molar-refractivity contribution in [2.75, 3.05) is 13.2 Å². The van der Waals surface area contributed by atoms with Gasteiger partial charge >= 0.3 is 0 Å². The number of ether oxygens (including phenoxy) is 2. The van der Waals surface area contributed by atoms with E-state index in [2.05, 4.69) is 4.98 Å². The van der Waals surface area contributed by atoms with Crippen molar-refractivity contribution in [2.45, 2.75) is 39.3 Å². The van der Waals surface area contributed by atoms with Crippen LogP contribution in [0, 0.1) is 0 Å². The molecule has 1 rings (SSSR count). The largest absolute Gasteiger partial charge is 0.490 e. The van der Waals surface area contributed by atoms with Crippen LogP contribution in [-0.2, 0) is 4.74 Å². The van der Waals surface area contributed by atoms with Crippen molar-refractivity contribution in [3.05, 3.63) is 24.0 Å². The number of hydrogen-bond acceptors (Lipinski definition) is 4. The lowest BCUT2D eigenvalue weighted by atomic mass is 10.1. The molecular weight excluding hydrogens is 216 g/mol. The molecule has 0 fully saturated rings. The summed E-state index contributed by atoms with van der Waals surface area (Å²) >= 11 is 0. The fraction of sp³-hybridized carbons (Fsp3) is 0.615. The second-order valence-electron chi connectivity index (χ2n) is 4.20. The van der Waals surface area contributed by atoms with Crippen molar-refractivity contribution in [2.24, 2.45) is 5.73 Å². The molecular formula is C13H22N2O2. The van der Waals surface area contributed by atoms with Crippen molar-refractivity contribution in [3.8, 4) is 5.75 Å². The van der Waals surface area contributed by atoms with E-state index in [1.165, 1.54) is 0 Å². The Morgan fingerprint density at radius 3 is 2.59 bits per heavy atom. The number of pyridine rings is 1. The molecule has 1 aromatic heterocycles. The summed E-state index contributed by atoms with van der Waals surface area (Å²) in [6.45, 7) is 7.18. The maximum Gasteiger partial charge on any atom is 0.137 e. The normalized spacial score (nSPS) is 12.8. The van der Waals surface area contributed by atoms with Crippen molar-refractivity contribution in [3.63, 3.8) is 0 Å². The van der Waals surface area contributed by atoms with E-state index in [-0.39, 0.29) is 12.1 Å². The molecule has 0 bridgehead atoms. The Morgan fingerprint density at radius 2 is 2.06 bits per heavy atom. The van der Waals surface area contributed by atoms with Crippen LogP contribution >= 0.6 is 0 Å². The first kappa shape index (κ1) is 13.9. The van der Waals surface area contributed by atoms with E-state index in [0.29, 0.717) is 13.2 Å². The Hall–Kier alpha value is -1.13. The summed E-state index contributed by atoms with van der Waals surface area (Å²) in [6.07, 6.45) is 2.83. The molecule has 0 aliphatic carbocycles. The summed E-state index contributed by atoms with van der Waals surface area (Å²) in [5.74, 6) is 0.754. The fourth-order valence-corrected chi connectivity index (χ4v) is 1.35. The quantitative estimate of drug-likeness (QED) is 0.740. The van der Waals surface area contributed by atoms with Gasteiger partial charge in [0.05, 0.1) is 24.6 Å². The van der Waals surface area contributed by atoms with Gasteiger partial charge in [0.1, 0.15) is 12.4 Å². The highest BCUT2D eigenvalue weighted by Gasteiger charge is 2.04. The third kappa shape index (κ3) is 5.15. The predicted octanol–water partition coefficient (Wildman–Crippen LogP) is 2.30. The molecule has 4 heteroatoms. The van der Waals surface area contributed by atoms with Crippen LogP contribution in [0.3, 0.4) is 0 Å². The number of aromatic nitrogens is 1. The highest BCUT2D eigenvalue weighted by Crippen LogP contribution is 2.14. The molecule has 0 aliphatic rings. The molecule has 96 valence electrons. The van der Waals surface area contributed by atoms with Gasteiger partial charge in [-0.2, -0.15) is 0 Å². The summed E-state index contributed by atoms with van der Waals surface area (Å²) in [6, 6.07) is 3.81. The third-order valence-electron chi connectivity index (χ3n) is 2.38. The van der Waals surface area contributed by atoms with E-state index in [0.717, 1.165) is 17.9 Å². The van der Waals surface area contributed by atoms with Crippen LogP contribution in [0.25, 0.3) is 0 Å². The molecule has 0 aliphatic heterocycles. The molecule has 0 radical (unpaired) electrons. The molecule has 0 aromatic carbocycles. The average Bonchev–Trinajstić information content (AvgIpc) is 2.34. The molecule has 0 amide bonds. The summed E-state index contributed by atoms with van der Waals surface area (Å²) in [5.41, 5.74) is 6.78. The van der Waals surface area contributed by atoms with E-state index in [1.807, 2.05) is 32.9 Å². The minimum absolute atomic E-state index is 0.00771. The molecule has 1 aromatic rings. The lowest BCUT2D eigenvalue weighted by Gasteiger charge is -2.11. The summed E-state index contributed by atoms with van der Waals surface area (Å²) in [4.78, 5) is 4.27. The van der Waals surface area contributed by atoms with Crippen LogP contribution in [0.4, 0.5) is 0 Å². The van der Waals surface area contributed by atoms with Crippen LogP contribution in [-0.4, -0.2) is 24.3 Å². The fourth-order valence-electron chi connectivity index (χ4n) is 1.35. The molecule has 0 saturated carbocycles. The molecule has 4 nitrogen and oxygen atoms in total. The standard InChI is InChI=1S/C13H22N2O2/c1-4-12(14)13-6-5-11(9-15-13)17-8-7-16-10(2)3/h5-6,9-10,12H,4,7-8,14H2,1-3H3/t12-/m1/s1. The van der Waals surface area contributed by atoms with Crippen molar-refractivity contribution in [1.29, 1.82) is 0 Å². The monoisotopic (exact) mass is 238 g/mol. The number of rotatable bonds is 7. The summed E-state index contributed by atoms with van der Waals surface area (Å²) < 4.78 is 10.9. The number of hydrogen-bond donors (Lipinski definition) is 1. The van der Waals surface area contributed by atoms with Crippen LogP contribution in [0.2, 0.25) is 0 Å². The molecule has 0 spiro atoms. The van der Waals surface area contributed by atoms with Gasteiger partial charge in [0.25, 0.3) is 0 Å². The van der Waals surface area contributed by atoms with Crippen molar-refractivity contribution in [1.82, 2.24) is 4.98 Å². The van der Waals surface area contributed by atoms with Gasteiger partial charge in [-0.3, -0.25) is 4.98 Å². The van der Waals surface area contributed by atoms with E-state index in [4.69, 9.17) is 15.2 Å². The third-order valence-corrected chi connectivity index (χ3v) is 2.38. The Balaban J connectivity index is 2.35. The second-order valence-corrected chi connectivity index (χ2v) is 4.20. The SMILES string of the molecule is CC[C@@H](N)c1ccc(OCCOC(C)C)cn1. The maximum atomic E-state index is 5.88. The maximum absolute atomic E-state index is 5.88. The van der Waals surface area contributed by atoms with Crippen LogP contribution in [0.5, 0.6) is 5.75 Å². The lowest BCUT2D eigenvalue weighted by molar-refractivity contribution is 0.0552. The zero-order valence-corrected chi connectivity index (χ0v) is 10.8. The highest BCUT2D eigenvalue weighted by atomic mass is 16.5. The van der Waals surface area contributed by atoms with Crippen molar-refractivity contribution < 1.29 is 9.47 Å². The van der Waals surface area contributed by atoms with Gasteiger partial charge in [-0.25, -0.2) is 0 Å². The number of nitrogens with two attached hydrogens (primary N) is 1. The molecule has 0 saturated heterocycles. The predicted molar refractivity (Wildman–Crippen MR) is 68.0 cm³/mol. The number of nitrogens with zero attached hydrogens (tertiary/aromatic N) is 1. The first-order valence-electron chi connectivity index (χ1n) is 6.09. The smallest absolute Gasteiger partial charge is 0.137 e. The van der Waals surface area contributed by atoms with Gasteiger partial charge in [0, 0.05) is 6.04 Å². The molecule has 1 heterocycles. The Labute approximate surface area is 103 Å². The minimum Gasteiger partial charge on any atom is -0.490 e. The van der Waals surface area contributed by atoms with Gasteiger partial charge < -0.3 is 15.2 Å². The van der Waals surface area contributed by atoms with E-state index in [9.17, 15) is 0 Å².